The number of hydrogen-bond donors (Lipinski definition) is 1. The molecular weight excluding hydrogens is 475 g/mol. The molecule has 0 fully saturated rings. The van der Waals surface area contributed by atoms with E-state index in [1.807, 2.05) is 54.6 Å². The van der Waals surface area contributed by atoms with Crippen LogP contribution >= 0.6 is 11.6 Å². The van der Waals surface area contributed by atoms with E-state index < -0.39 is 0 Å². The molecule has 4 aromatic rings. The second kappa shape index (κ2) is 10.5. The van der Waals surface area contributed by atoms with E-state index >= 15 is 0 Å². The molecule has 0 spiro atoms. The van der Waals surface area contributed by atoms with Gasteiger partial charge in [-0.2, -0.15) is 0 Å². The van der Waals surface area contributed by atoms with E-state index in [1.54, 1.807) is 12.5 Å². The van der Waals surface area contributed by atoms with Crippen LogP contribution in [0, 0.1) is 0 Å². The van der Waals surface area contributed by atoms with Crippen molar-refractivity contribution in [3.8, 4) is 11.5 Å². The number of fused-ring (bicyclic) bond motifs is 1. The second-order valence-electron chi connectivity index (χ2n) is 6.70. The first-order chi connectivity index (χ1) is 15.2. The predicted molar refractivity (Wildman–Crippen MR) is 126 cm³/mol. The summed E-state index contributed by atoms with van der Waals surface area (Å²) < 4.78 is 11.8. The average Bonchev–Trinajstić information content (AvgIpc) is 2.80. The topological polar surface area (TPSA) is 69.2 Å². The van der Waals surface area contributed by atoms with Crippen molar-refractivity contribution in [2.75, 3.05) is 11.9 Å². The molecule has 1 unspecified atom stereocenters. The number of pyridine rings is 1. The van der Waals surface area contributed by atoms with Crippen molar-refractivity contribution in [2.45, 2.75) is 17.5 Å². The van der Waals surface area contributed by atoms with Crippen molar-refractivity contribution >= 4 is 49.8 Å². The minimum atomic E-state index is 0.0684. The Kier molecular flexibility index (Phi) is 7.23. The first kappa shape index (κ1) is 21.4. The van der Waals surface area contributed by atoms with Gasteiger partial charge in [-0.05, 0) is 12.1 Å². The molecular formula is C23H22AsClN4O2. The zero-order valence-electron chi connectivity index (χ0n) is 17.0. The number of anilines is 2. The van der Waals surface area contributed by atoms with Crippen molar-refractivity contribution < 1.29 is 9.47 Å². The van der Waals surface area contributed by atoms with E-state index in [9.17, 15) is 0 Å². The summed E-state index contributed by atoms with van der Waals surface area (Å²) in [5, 5.41) is 5.81. The fraction of sp³-hybridized carbons (Fsp3) is 0.174. The molecule has 0 saturated carbocycles. The summed E-state index contributed by atoms with van der Waals surface area (Å²) >= 11 is 6.52. The Labute approximate surface area is 192 Å². The second-order valence-corrected chi connectivity index (χ2v) is 9.64. The van der Waals surface area contributed by atoms with Crippen LogP contribution in [-0.4, -0.2) is 37.3 Å². The Hall–Kier alpha value is -2.82. The number of rotatable bonds is 9. The van der Waals surface area contributed by atoms with E-state index in [1.165, 1.54) is 0 Å². The number of aromatic nitrogens is 3. The van der Waals surface area contributed by atoms with Gasteiger partial charge in [-0.25, -0.2) is 0 Å². The fourth-order valence-electron chi connectivity index (χ4n) is 3.02. The van der Waals surface area contributed by atoms with Gasteiger partial charge in [0.05, 0.1) is 5.69 Å². The van der Waals surface area contributed by atoms with Gasteiger partial charge in [-0.15, -0.1) is 0 Å². The zero-order valence-corrected chi connectivity index (χ0v) is 19.9. The Morgan fingerprint density at radius 1 is 0.968 bits per heavy atom. The molecule has 0 bridgehead atoms. The summed E-state index contributed by atoms with van der Waals surface area (Å²) in [6, 6.07) is 17.1. The van der Waals surface area contributed by atoms with E-state index in [0.29, 0.717) is 29.8 Å². The first-order valence-corrected chi connectivity index (χ1v) is 13.8. The minimum absolute atomic E-state index is 0.0684. The van der Waals surface area contributed by atoms with Crippen molar-refractivity contribution in [1.82, 2.24) is 15.0 Å². The fourth-order valence-corrected chi connectivity index (χ4v) is 3.90. The molecule has 2 heterocycles. The third-order valence-corrected chi connectivity index (χ3v) is 6.30. The maximum absolute atomic E-state index is 6.46. The summed E-state index contributed by atoms with van der Waals surface area (Å²) in [6.45, 7) is 1.06. The Balaban J connectivity index is 1.54. The number of ether oxygens (including phenoxy) is 2. The summed E-state index contributed by atoms with van der Waals surface area (Å²) in [5.74, 6) is 2.05. The van der Waals surface area contributed by atoms with Crippen molar-refractivity contribution in [2.24, 2.45) is 0 Å². The van der Waals surface area contributed by atoms with Gasteiger partial charge < -0.3 is 0 Å². The van der Waals surface area contributed by atoms with Crippen LogP contribution in [0.15, 0.2) is 67.1 Å². The molecule has 8 heteroatoms. The third kappa shape index (κ3) is 5.46. The standard InChI is InChI=1S/C23H22AsClN4O2/c1-24-10-12-30-21-7-4-6-19-22(21)23(28-15-27-19)29-16-8-9-20(18(25)13-16)31-14-17-5-2-3-11-26-17/h2-9,11,13,15,24H,10,12,14H2,1H3,(H,27,28,29). The molecule has 0 amide bonds. The molecule has 6 nitrogen and oxygen atoms in total. The molecule has 0 aliphatic heterocycles. The number of halogens is 1. The van der Waals surface area contributed by atoms with E-state index in [4.69, 9.17) is 21.1 Å². The van der Waals surface area contributed by atoms with E-state index in [-0.39, 0.29) is 15.8 Å². The van der Waals surface area contributed by atoms with Crippen LogP contribution < -0.4 is 14.8 Å². The number of hydrogen-bond acceptors (Lipinski definition) is 6. The van der Waals surface area contributed by atoms with Gasteiger partial charge in [-0.3, -0.25) is 4.98 Å². The third-order valence-electron chi connectivity index (χ3n) is 4.53. The van der Waals surface area contributed by atoms with Gasteiger partial charge in [0.1, 0.15) is 6.61 Å². The Bertz CT molecular complexity index is 1160. The van der Waals surface area contributed by atoms with Crippen molar-refractivity contribution in [1.29, 1.82) is 0 Å². The SMILES string of the molecule is C[AsH]CCOc1cccc2ncnc(Nc3ccc(OCc4ccccn4)c(Cl)c3)c12. The number of benzene rings is 2. The summed E-state index contributed by atoms with van der Waals surface area (Å²) in [4.78, 5) is 13.1. The predicted octanol–water partition coefficient (Wildman–Crippen LogP) is 5.28. The van der Waals surface area contributed by atoms with Gasteiger partial charge in [-0.1, -0.05) is 6.07 Å². The molecule has 0 aliphatic rings. The maximum atomic E-state index is 6.46. The van der Waals surface area contributed by atoms with Gasteiger partial charge in [0.2, 0.25) is 0 Å². The normalized spacial score (nSPS) is 11.2. The molecule has 1 N–H and O–H groups in total. The molecule has 2 aromatic carbocycles. The van der Waals surface area contributed by atoms with Gasteiger partial charge in [0.15, 0.2) is 0 Å². The molecule has 0 radical (unpaired) electrons. The molecule has 158 valence electrons. The van der Waals surface area contributed by atoms with Crippen LogP contribution in [0.4, 0.5) is 11.5 Å². The van der Waals surface area contributed by atoms with Crippen LogP contribution in [-0.2, 0) is 6.61 Å². The molecule has 2 aromatic heterocycles. The number of nitrogens with zero attached hydrogens (tertiary/aromatic N) is 3. The van der Waals surface area contributed by atoms with E-state index in [0.717, 1.165) is 33.2 Å². The average molecular weight is 497 g/mol. The molecule has 0 saturated heterocycles. The zero-order chi connectivity index (χ0) is 21.5. The number of nitrogens with one attached hydrogen (secondary N) is 1. The van der Waals surface area contributed by atoms with Gasteiger partial charge >= 0.3 is 151 Å². The van der Waals surface area contributed by atoms with Crippen LogP contribution in [0.2, 0.25) is 15.9 Å². The quantitative estimate of drug-likeness (QED) is 0.251. The summed E-state index contributed by atoms with van der Waals surface area (Å²) in [7, 11) is 0. The molecule has 1 atom stereocenters. The molecule has 4 rings (SSSR count). The Morgan fingerprint density at radius 2 is 1.90 bits per heavy atom. The van der Waals surface area contributed by atoms with Gasteiger partial charge in [0.25, 0.3) is 0 Å². The first-order valence-electron chi connectivity index (χ1n) is 9.85. The van der Waals surface area contributed by atoms with Crippen LogP contribution in [0.3, 0.4) is 0 Å². The van der Waals surface area contributed by atoms with E-state index in [2.05, 4.69) is 26.0 Å². The van der Waals surface area contributed by atoms with Crippen molar-refractivity contribution in [3.63, 3.8) is 0 Å². The summed E-state index contributed by atoms with van der Waals surface area (Å²) in [6.07, 6.45) is 3.28. The Morgan fingerprint density at radius 3 is 2.71 bits per heavy atom. The van der Waals surface area contributed by atoms with Crippen molar-refractivity contribution in [3.05, 3.63) is 77.8 Å². The van der Waals surface area contributed by atoms with Crippen LogP contribution in [0.5, 0.6) is 11.5 Å². The summed E-state index contributed by atoms with van der Waals surface area (Å²) in [5.41, 5.74) is 4.72. The monoisotopic (exact) mass is 496 g/mol. The molecule has 31 heavy (non-hydrogen) atoms. The van der Waals surface area contributed by atoms with Gasteiger partial charge in [0, 0.05) is 6.20 Å². The van der Waals surface area contributed by atoms with Crippen LogP contribution in [0.25, 0.3) is 10.9 Å². The molecule has 0 aliphatic carbocycles. The van der Waals surface area contributed by atoms with Crippen LogP contribution in [0.1, 0.15) is 5.69 Å².